The van der Waals surface area contributed by atoms with Crippen LogP contribution in [0.5, 0.6) is 0 Å². The van der Waals surface area contributed by atoms with E-state index in [1.807, 2.05) is 12.1 Å². The zero-order valence-electron chi connectivity index (χ0n) is 11.9. The van der Waals surface area contributed by atoms with Gasteiger partial charge in [0.15, 0.2) is 5.58 Å². The van der Waals surface area contributed by atoms with Gasteiger partial charge in [-0.25, -0.2) is 0 Å². The van der Waals surface area contributed by atoms with Crippen LogP contribution in [0.15, 0.2) is 83.5 Å². The number of furan rings is 1. The number of hydrogen-bond acceptors (Lipinski definition) is 1. The summed E-state index contributed by atoms with van der Waals surface area (Å²) >= 11 is 0. The normalized spacial score (nSPS) is 11.6. The summed E-state index contributed by atoms with van der Waals surface area (Å²) in [4.78, 5) is 0. The van der Waals surface area contributed by atoms with E-state index in [1.165, 1.54) is 16.3 Å². The SMILES string of the molecule is c1ccc(-n2c3ccccc3c3ccc4ccoc4c32)cc1. The van der Waals surface area contributed by atoms with Crippen molar-refractivity contribution in [2.45, 2.75) is 0 Å². The summed E-state index contributed by atoms with van der Waals surface area (Å²) in [5, 5.41) is 3.61. The molecule has 104 valence electrons. The van der Waals surface area contributed by atoms with Gasteiger partial charge in [-0.05, 0) is 24.3 Å². The maximum absolute atomic E-state index is 5.80. The van der Waals surface area contributed by atoms with E-state index in [9.17, 15) is 0 Å². The molecule has 3 aromatic carbocycles. The third-order valence-corrected chi connectivity index (χ3v) is 4.27. The van der Waals surface area contributed by atoms with Gasteiger partial charge in [0, 0.05) is 21.8 Å². The summed E-state index contributed by atoms with van der Waals surface area (Å²) in [7, 11) is 0. The van der Waals surface area contributed by atoms with Crippen molar-refractivity contribution in [3.63, 3.8) is 0 Å². The fraction of sp³-hybridized carbons (Fsp3) is 0. The smallest absolute Gasteiger partial charge is 0.158 e. The van der Waals surface area contributed by atoms with E-state index >= 15 is 0 Å². The summed E-state index contributed by atoms with van der Waals surface area (Å²) in [6.45, 7) is 0. The van der Waals surface area contributed by atoms with Crippen molar-refractivity contribution in [1.82, 2.24) is 4.57 Å². The molecule has 2 heteroatoms. The molecule has 0 bridgehead atoms. The van der Waals surface area contributed by atoms with E-state index in [2.05, 4.69) is 65.2 Å². The zero-order valence-corrected chi connectivity index (χ0v) is 11.9. The van der Waals surface area contributed by atoms with Crippen molar-refractivity contribution in [2.24, 2.45) is 0 Å². The van der Waals surface area contributed by atoms with Gasteiger partial charge in [0.1, 0.15) is 0 Å². The highest BCUT2D eigenvalue weighted by atomic mass is 16.3. The molecular weight excluding hydrogens is 270 g/mol. The minimum atomic E-state index is 0.942. The molecule has 5 aromatic rings. The van der Waals surface area contributed by atoms with Gasteiger partial charge >= 0.3 is 0 Å². The first-order valence-electron chi connectivity index (χ1n) is 7.38. The molecule has 2 aromatic heterocycles. The van der Waals surface area contributed by atoms with Crippen molar-refractivity contribution in [3.8, 4) is 5.69 Å². The lowest BCUT2D eigenvalue weighted by molar-refractivity contribution is 0.618. The van der Waals surface area contributed by atoms with Gasteiger partial charge in [0.25, 0.3) is 0 Å². The molecule has 0 saturated heterocycles. The Morgan fingerprint density at radius 2 is 1.50 bits per heavy atom. The molecule has 0 unspecified atom stereocenters. The third-order valence-electron chi connectivity index (χ3n) is 4.27. The van der Waals surface area contributed by atoms with Gasteiger partial charge in [-0.2, -0.15) is 0 Å². The van der Waals surface area contributed by atoms with Crippen molar-refractivity contribution in [3.05, 3.63) is 79.1 Å². The average molecular weight is 283 g/mol. The molecular formula is C20H13NO. The van der Waals surface area contributed by atoms with E-state index < -0.39 is 0 Å². The molecule has 2 heterocycles. The second-order valence-electron chi connectivity index (χ2n) is 5.49. The number of aromatic nitrogens is 1. The van der Waals surface area contributed by atoms with E-state index in [4.69, 9.17) is 4.42 Å². The van der Waals surface area contributed by atoms with E-state index in [0.717, 1.165) is 22.2 Å². The number of rotatable bonds is 1. The molecule has 0 aliphatic carbocycles. The summed E-state index contributed by atoms with van der Waals surface area (Å²) in [5.41, 5.74) is 4.43. The van der Waals surface area contributed by atoms with Gasteiger partial charge in [-0.15, -0.1) is 0 Å². The second kappa shape index (κ2) is 4.25. The molecule has 0 aliphatic heterocycles. The van der Waals surface area contributed by atoms with Crippen LogP contribution in [-0.4, -0.2) is 4.57 Å². The molecule has 0 N–H and O–H groups in total. The summed E-state index contributed by atoms with van der Waals surface area (Å²) in [5.74, 6) is 0. The van der Waals surface area contributed by atoms with Crippen LogP contribution in [0.3, 0.4) is 0 Å². The highest BCUT2D eigenvalue weighted by Gasteiger charge is 2.15. The molecule has 0 amide bonds. The maximum Gasteiger partial charge on any atom is 0.158 e. The molecule has 2 nitrogen and oxygen atoms in total. The van der Waals surface area contributed by atoms with Crippen LogP contribution in [-0.2, 0) is 0 Å². The Labute approximate surface area is 127 Å². The van der Waals surface area contributed by atoms with E-state index in [0.29, 0.717) is 0 Å². The number of nitrogens with zero attached hydrogens (tertiary/aromatic N) is 1. The van der Waals surface area contributed by atoms with Gasteiger partial charge in [-0.3, -0.25) is 0 Å². The minimum Gasteiger partial charge on any atom is -0.462 e. The quantitative estimate of drug-likeness (QED) is 0.395. The summed E-state index contributed by atoms with van der Waals surface area (Å²) in [6, 6.07) is 25.3. The minimum absolute atomic E-state index is 0.942. The number of fused-ring (bicyclic) bond motifs is 5. The number of benzene rings is 3. The van der Waals surface area contributed by atoms with Gasteiger partial charge in [-0.1, -0.05) is 48.5 Å². The monoisotopic (exact) mass is 283 g/mol. The lowest BCUT2D eigenvalue weighted by Gasteiger charge is -2.07. The van der Waals surface area contributed by atoms with Crippen LogP contribution in [0.25, 0.3) is 38.5 Å². The molecule has 0 saturated carbocycles. The Hall–Kier alpha value is -3.00. The van der Waals surface area contributed by atoms with Crippen LogP contribution in [0.4, 0.5) is 0 Å². The highest BCUT2D eigenvalue weighted by molar-refractivity contribution is 6.17. The van der Waals surface area contributed by atoms with Gasteiger partial charge in [0.05, 0.1) is 17.3 Å². The predicted molar refractivity (Wildman–Crippen MR) is 90.6 cm³/mol. The van der Waals surface area contributed by atoms with Crippen molar-refractivity contribution < 1.29 is 4.42 Å². The zero-order chi connectivity index (χ0) is 14.5. The fourth-order valence-corrected chi connectivity index (χ4v) is 3.32. The molecule has 5 rings (SSSR count). The Morgan fingerprint density at radius 3 is 2.41 bits per heavy atom. The lowest BCUT2D eigenvalue weighted by Crippen LogP contribution is -1.93. The molecule has 0 aliphatic rings. The Balaban J connectivity index is 2.10. The maximum atomic E-state index is 5.80. The molecule has 0 fully saturated rings. The predicted octanol–water partition coefficient (Wildman–Crippen LogP) is 5.53. The van der Waals surface area contributed by atoms with Gasteiger partial charge in [0.2, 0.25) is 0 Å². The van der Waals surface area contributed by atoms with Crippen molar-refractivity contribution >= 4 is 32.8 Å². The number of hydrogen-bond donors (Lipinski definition) is 0. The Kier molecular flexibility index (Phi) is 2.25. The first kappa shape index (κ1) is 11.6. The molecule has 0 spiro atoms. The summed E-state index contributed by atoms with van der Waals surface area (Å²) < 4.78 is 8.09. The molecule has 0 radical (unpaired) electrons. The highest BCUT2D eigenvalue weighted by Crippen LogP contribution is 2.36. The first-order chi connectivity index (χ1) is 10.9. The lowest BCUT2D eigenvalue weighted by atomic mass is 10.1. The van der Waals surface area contributed by atoms with Crippen LogP contribution in [0.1, 0.15) is 0 Å². The average Bonchev–Trinajstić information content (AvgIpc) is 3.17. The van der Waals surface area contributed by atoms with Crippen molar-refractivity contribution in [1.29, 1.82) is 0 Å². The number of para-hydroxylation sites is 2. The Bertz CT molecular complexity index is 1120. The first-order valence-corrected chi connectivity index (χ1v) is 7.38. The molecule has 22 heavy (non-hydrogen) atoms. The summed E-state index contributed by atoms with van der Waals surface area (Å²) in [6.07, 6.45) is 1.76. The van der Waals surface area contributed by atoms with Crippen LogP contribution >= 0.6 is 0 Å². The third kappa shape index (κ3) is 1.44. The second-order valence-corrected chi connectivity index (χ2v) is 5.49. The molecule has 0 atom stereocenters. The van der Waals surface area contributed by atoms with Crippen LogP contribution in [0.2, 0.25) is 0 Å². The van der Waals surface area contributed by atoms with Crippen molar-refractivity contribution in [2.75, 3.05) is 0 Å². The largest absolute Gasteiger partial charge is 0.462 e. The Morgan fingerprint density at radius 1 is 0.682 bits per heavy atom. The standard InChI is InChI=1S/C20H13NO/c1-2-6-15(7-3-1)21-18-9-5-4-8-16(18)17-11-10-14-12-13-22-20(14)19(17)21/h1-13H. The van der Waals surface area contributed by atoms with E-state index in [-0.39, 0.29) is 0 Å². The van der Waals surface area contributed by atoms with Crippen LogP contribution < -0.4 is 0 Å². The van der Waals surface area contributed by atoms with E-state index in [1.54, 1.807) is 6.26 Å². The fourth-order valence-electron chi connectivity index (χ4n) is 3.32. The topological polar surface area (TPSA) is 18.1 Å². The van der Waals surface area contributed by atoms with Crippen LogP contribution in [0, 0.1) is 0 Å². The van der Waals surface area contributed by atoms with Gasteiger partial charge < -0.3 is 8.98 Å².